The number of amides is 1. The lowest BCUT2D eigenvalue weighted by molar-refractivity contribution is -0.123. The number of pyridine rings is 2. The van der Waals surface area contributed by atoms with E-state index in [2.05, 4.69) is 42.8 Å². The smallest absolute Gasteiger partial charge is 0.290 e. The molecule has 1 fully saturated rings. The first-order chi connectivity index (χ1) is 19.0. The monoisotopic (exact) mass is 548 g/mol. The molecule has 39 heavy (non-hydrogen) atoms. The largest absolute Gasteiger partial charge is 0.483 e. The lowest BCUT2D eigenvalue weighted by Crippen LogP contribution is -2.16. The summed E-state index contributed by atoms with van der Waals surface area (Å²) in [5.74, 6) is 1.27. The van der Waals surface area contributed by atoms with E-state index < -0.39 is 0 Å². The highest BCUT2D eigenvalue weighted by Gasteiger charge is 2.25. The van der Waals surface area contributed by atoms with E-state index in [-0.39, 0.29) is 25.4 Å². The lowest BCUT2D eigenvalue weighted by atomic mass is 10.1. The molecule has 0 bridgehead atoms. The highest BCUT2D eigenvalue weighted by atomic mass is 35.5. The van der Waals surface area contributed by atoms with Crippen molar-refractivity contribution in [2.75, 3.05) is 10.6 Å². The number of nitrogens with one attached hydrogen (secondary N) is 2. The van der Waals surface area contributed by atoms with Crippen molar-refractivity contribution in [3.05, 3.63) is 83.0 Å². The number of carboxylic acid groups (broad SMARTS) is 1. The Balaban J connectivity index is 0.000000983. The Kier molecular flexibility index (Phi) is 7.66. The summed E-state index contributed by atoms with van der Waals surface area (Å²) in [5, 5.41) is 23.3. The van der Waals surface area contributed by atoms with Crippen molar-refractivity contribution in [1.29, 1.82) is 0 Å². The molecule has 0 saturated heterocycles. The van der Waals surface area contributed by atoms with Gasteiger partial charge in [0.25, 0.3) is 6.47 Å². The van der Waals surface area contributed by atoms with E-state index >= 15 is 0 Å². The third-order valence-corrected chi connectivity index (χ3v) is 6.45. The maximum absolute atomic E-state index is 12.6. The van der Waals surface area contributed by atoms with Crippen molar-refractivity contribution in [3.63, 3.8) is 0 Å². The van der Waals surface area contributed by atoms with Crippen LogP contribution >= 0.6 is 11.6 Å². The molecule has 0 aliphatic heterocycles. The average Bonchev–Trinajstić information content (AvgIpc) is 3.59. The third-order valence-electron chi connectivity index (χ3n) is 6.21. The van der Waals surface area contributed by atoms with E-state index in [0.717, 1.165) is 22.4 Å². The van der Waals surface area contributed by atoms with Crippen molar-refractivity contribution in [3.8, 4) is 0 Å². The zero-order valence-corrected chi connectivity index (χ0v) is 21.4. The Morgan fingerprint density at radius 2 is 1.92 bits per heavy atom. The van der Waals surface area contributed by atoms with Gasteiger partial charge in [-0.25, -0.2) is 19.9 Å². The highest BCUT2D eigenvalue weighted by molar-refractivity contribution is 6.30. The summed E-state index contributed by atoms with van der Waals surface area (Å²) >= 11 is 6.08. The molecule has 1 amide bonds. The molecule has 5 heterocycles. The van der Waals surface area contributed by atoms with Gasteiger partial charge in [0.1, 0.15) is 23.6 Å². The summed E-state index contributed by atoms with van der Waals surface area (Å²) in [5.41, 5.74) is 5.04. The zero-order chi connectivity index (χ0) is 27.4. The number of nitrogens with zero attached hydrogens (tertiary/aromatic N) is 6. The summed E-state index contributed by atoms with van der Waals surface area (Å²) in [6, 6.07) is 7.26. The third kappa shape index (κ3) is 6.13. The predicted molar refractivity (Wildman–Crippen MR) is 144 cm³/mol. The van der Waals surface area contributed by atoms with Crippen LogP contribution in [-0.2, 0) is 29.2 Å². The fraction of sp³-hybridized carbons (Fsp3) is 0.231. The van der Waals surface area contributed by atoms with Crippen molar-refractivity contribution >= 4 is 46.8 Å². The number of aromatic nitrogens is 6. The van der Waals surface area contributed by atoms with Gasteiger partial charge >= 0.3 is 0 Å². The Hall–Kier alpha value is -4.55. The fourth-order valence-corrected chi connectivity index (χ4v) is 4.44. The maximum atomic E-state index is 12.6. The van der Waals surface area contributed by atoms with E-state index in [1.165, 1.54) is 24.7 Å². The molecule has 0 radical (unpaired) electrons. The van der Waals surface area contributed by atoms with Crippen LogP contribution in [0.1, 0.15) is 41.3 Å². The van der Waals surface area contributed by atoms with E-state index in [0.29, 0.717) is 34.8 Å². The quantitative estimate of drug-likeness (QED) is 0.213. The predicted octanol–water partition coefficient (Wildman–Crippen LogP) is 3.29. The number of aliphatic hydroxyl groups is 1. The van der Waals surface area contributed by atoms with Crippen LogP contribution < -0.4 is 10.6 Å². The lowest BCUT2D eigenvalue weighted by Gasteiger charge is -2.07. The molecule has 0 aromatic carbocycles. The molecule has 1 aliphatic carbocycles. The first kappa shape index (κ1) is 26.1. The number of halogens is 1. The van der Waals surface area contributed by atoms with E-state index in [9.17, 15) is 9.90 Å². The molecule has 4 N–H and O–H groups in total. The molecule has 0 unspecified atom stereocenters. The number of carbonyl (C=O) groups excluding carboxylic acids is 1. The van der Waals surface area contributed by atoms with Gasteiger partial charge in [0.05, 0.1) is 42.8 Å². The minimum absolute atomic E-state index is 0.0509. The van der Waals surface area contributed by atoms with Crippen LogP contribution in [0.5, 0.6) is 0 Å². The Morgan fingerprint density at radius 3 is 2.69 bits per heavy atom. The minimum Gasteiger partial charge on any atom is -0.483 e. The molecule has 0 atom stereocenters. The zero-order valence-electron chi connectivity index (χ0n) is 20.7. The minimum atomic E-state index is -0.250. The van der Waals surface area contributed by atoms with Gasteiger partial charge in [-0.2, -0.15) is 0 Å². The summed E-state index contributed by atoms with van der Waals surface area (Å²) in [6.07, 6.45) is 11.4. The SMILES string of the molecule is O=C(Cc1ncn2ccc(Cl)cc12)Nc1cc(NCc2cn3cc(C4CC4)cc(CO)c3n2)ncn1.O=CO. The number of anilines is 2. The number of carbonyl (C=O) groups is 2. The Morgan fingerprint density at radius 1 is 1.13 bits per heavy atom. The van der Waals surface area contributed by atoms with Gasteiger partial charge in [0.15, 0.2) is 0 Å². The molecule has 12 nitrogen and oxygen atoms in total. The topological polar surface area (TPSA) is 159 Å². The molecular weight excluding hydrogens is 524 g/mol. The summed E-state index contributed by atoms with van der Waals surface area (Å²) < 4.78 is 3.80. The second kappa shape index (κ2) is 11.5. The van der Waals surface area contributed by atoms with Crippen LogP contribution in [0.2, 0.25) is 5.02 Å². The second-order valence-corrected chi connectivity index (χ2v) is 9.43. The summed E-state index contributed by atoms with van der Waals surface area (Å²) in [6.45, 7) is 0.127. The van der Waals surface area contributed by atoms with Crippen LogP contribution in [0.4, 0.5) is 11.6 Å². The van der Waals surface area contributed by atoms with Crippen molar-refractivity contribution in [1.82, 2.24) is 28.7 Å². The Bertz CT molecular complexity index is 1650. The van der Waals surface area contributed by atoms with Crippen LogP contribution in [-0.4, -0.2) is 51.3 Å². The molecule has 0 spiro atoms. The molecule has 5 aromatic rings. The summed E-state index contributed by atoms with van der Waals surface area (Å²) in [7, 11) is 0. The van der Waals surface area contributed by atoms with Crippen molar-refractivity contribution in [2.45, 2.75) is 38.3 Å². The van der Waals surface area contributed by atoms with E-state index in [4.69, 9.17) is 21.5 Å². The highest BCUT2D eigenvalue weighted by Crippen LogP contribution is 2.40. The number of hydrogen-bond donors (Lipinski definition) is 4. The maximum Gasteiger partial charge on any atom is 0.290 e. The molecule has 200 valence electrons. The number of hydrogen-bond acceptors (Lipinski definition) is 8. The van der Waals surface area contributed by atoms with Gasteiger partial charge in [-0.05, 0) is 42.5 Å². The first-order valence-electron chi connectivity index (χ1n) is 12.1. The van der Waals surface area contributed by atoms with Crippen LogP contribution in [0.3, 0.4) is 0 Å². The standard InChI is InChI=1S/C25H23ClN8O2.CH2O2/c26-18-3-4-33-14-30-20(21(33)6-18)7-24(36)32-23-8-22(28-13-29-23)27-9-19-11-34-10-16(15-1-2-15)5-17(12-35)25(34)31-19;2-1-3/h3-6,8,10-11,13-15,35H,1-2,7,9,12H2,(H2,27,28,29,32,36);1H,(H,2,3). The number of aliphatic hydroxyl groups excluding tert-OH is 1. The van der Waals surface area contributed by atoms with E-state index in [1.807, 2.05) is 15.0 Å². The normalized spacial score (nSPS) is 12.7. The molecule has 1 saturated carbocycles. The second-order valence-electron chi connectivity index (χ2n) is 9.00. The summed E-state index contributed by atoms with van der Waals surface area (Å²) in [4.78, 5) is 38.4. The molecular formula is C26H25ClN8O4. The average molecular weight is 549 g/mol. The Labute approximate surface area is 227 Å². The molecule has 6 rings (SSSR count). The molecule has 1 aliphatic rings. The van der Waals surface area contributed by atoms with Gasteiger partial charge in [0.2, 0.25) is 5.91 Å². The number of rotatable bonds is 8. The number of imidazole rings is 2. The molecule has 13 heteroatoms. The van der Waals surface area contributed by atoms with Gasteiger partial charge in [-0.1, -0.05) is 11.6 Å². The fourth-order valence-electron chi connectivity index (χ4n) is 4.28. The first-order valence-corrected chi connectivity index (χ1v) is 12.5. The van der Waals surface area contributed by atoms with Gasteiger partial charge in [-0.15, -0.1) is 0 Å². The number of fused-ring (bicyclic) bond motifs is 2. The van der Waals surface area contributed by atoms with E-state index in [1.54, 1.807) is 30.7 Å². The van der Waals surface area contributed by atoms with Gasteiger partial charge in [-0.3, -0.25) is 9.59 Å². The van der Waals surface area contributed by atoms with Gasteiger partial charge in [0, 0.05) is 35.2 Å². The van der Waals surface area contributed by atoms with Gasteiger partial charge < -0.3 is 29.6 Å². The van der Waals surface area contributed by atoms with Crippen LogP contribution in [0, 0.1) is 0 Å². The van der Waals surface area contributed by atoms with Crippen molar-refractivity contribution < 1.29 is 19.8 Å². The molecule has 5 aromatic heterocycles. The van der Waals surface area contributed by atoms with Crippen LogP contribution in [0.15, 0.2) is 55.5 Å². The van der Waals surface area contributed by atoms with Crippen LogP contribution in [0.25, 0.3) is 11.2 Å². The van der Waals surface area contributed by atoms with Crippen molar-refractivity contribution in [2.24, 2.45) is 0 Å².